The van der Waals surface area contributed by atoms with E-state index in [1.54, 1.807) is 36.0 Å². The first-order chi connectivity index (χ1) is 11.6. The van der Waals surface area contributed by atoms with Crippen molar-refractivity contribution in [2.45, 2.75) is 26.7 Å². The molecule has 0 fully saturated rings. The molecule has 0 aliphatic rings. The van der Waals surface area contributed by atoms with Crippen LogP contribution in [-0.4, -0.2) is 54.9 Å². The van der Waals surface area contributed by atoms with Crippen molar-refractivity contribution in [2.75, 3.05) is 43.5 Å². The first-order valence-electron chi connectivity index (χ1n) is 8.50. The predicted molar refractivity (Wildman–Crippen MR) is 103 cm³/mol. The summed E-state index contributed by atoms with van der Waals surface area (Å²) in [6.07, 6.45) is 3.43. The number of rotatable bonds is 11. The van der Waals surface area contributed by atoms with E-state index >= 15 is 0 Å². The molecule has 0 radical (unpaired) electrons. The van der Waals surface area contributed by atoms with Crippen LogP contribution in [-0.2, 0) is 4.79 Å². The molecule has 0 aromatic heterocycles. The number of benzene rings is 1. The number of amides is 2. The van der Waals surface area contributed by atoms with Crippen LogP contribution in [0.1, 0.15) is 37.0 Å². The lowest BCUT2D eigenvalue weighted by molar-refractivity contribution is -0.116. The van der Waals surface area contributed by atoms with E-state index in [0.29, 0.717) is 18.5 Å². The summed E-state index contributed by atoms with van der Waals surface area (Å²) in [4.78, 5) is 26.1. The van der Waals surface area contributed by atoms with Crippen LogP contribution < -0.4 is 10.6 Å². The molecule has 0 heterocycles. The molecular weight excluding hydrogens is 322 g/mol. The van der Waals surface area contributed by atoms with Gasteiger partial charge in [0, 0.05) is 30.8 Å². The third-order valence-electron chi connectivity index (χ3n) is 3.79. The number of nitrogens with zero attached hydrogens (tertiary/aromatic N) is 1. The standard InChI is InChI=1S/C18H29N3O2S/c1-4-21(5-2)13-12-19-18(23)15-8-10-16(11-9-15)20-17(22)7-6-14-24-3/h8-11H,4-7,12-14H2,1-3H3,(H,19,23)(H,20,22). The van der Waals surface area contributed by atoms with Gasteiger partial charge in [-0.25, -0.2) is 0 Å². The van der Waals surface area contributed by atoms with Gasteiger partial charge in [-0.15, -0.1) is 0 Å². The largest absolute Gasteiger partial charge is 0.351 e. The smallest absolute Gasteiger partial charge is 0.251 e. The van der Waals surface area contributed by atoms with E-state index in [9.17, 15) is 9.59 Å². The molecule has 6 heteroatoms. The van der Waals surface area contributed by atoms with Gasteiger partial charge in [-0.3, -0.25) is 9.59 Å². The van der Waals surface area contributed by atoms with Crippen molar-refractivity contribution in [3.05, 3.63) is 29.8 Å². The second kappa shape index (κ2) is 11.9. The van der Waals surface area contributed by atoms with Crippen LogP contribution in [0.25, 0.3) is 0 Å². The monoisotopic (exact) mass is 351 g/mol. The maximum Gasteiger partial charge on any atom is 0.251 e. The van der Waals surface area contributed by atoms with Crippen LogP contribution in [0.3, 0.4) is 0 Å². The second-order valence-corrected chi connectivity index (χ2v) is 6.49. The van der Waals surface area contributed by atoms with Crippen molar-refractivity contribution in [1.29, 1.82) is 0 Å². The summed E-state index contributed by atoms with van der Waals surface area (Å²) < 4.78 is 0. The molecule has 2 amide bonds. The van der Waals surface area contributed by atoms with Gasteiger partial charge < -0.3 is 15.5 Å². The number of nitrogens with one attached hydrogen (secondary N) is 2. The Morgan fingerprint density at radius 3 is 2.38 bits per heavy atom. The number of carbonyl (C=O) groups excluding carboxylic acids is 2. The number of thioether (sulfide) groups is 1. The Balaban J connectivity index is 2.40. The van der Waals surface area contributed by atoms with Crippen LogP contribution in [0.15, 0.2) is 24.3 Å². The van der Waals surface area contributed by atoms with E-state index in [2.05, 4.69) is 29.4 Å². The molecule has 2 N–H and O–H groups in total. The summed E-state index contributed by atoms with van der Waals surface area (Å²) in [6, 6.07) is 7.02. The third-order valence-corrected chi connectivity index (χ3v) is 4.49. The third kappa shape index (κ3) is 7.84. The van der Waals surface area contributed by atoms with Crippen LogP contribution in [0.5, 0.6) is 0 Å². The summed E-state index contributed by atoms with van der Waals surface area (Å²) in [5.41, 5.74) is 1.33. The molecule has 0 atom stereocenters. The second-order valence-electron chi connectivity index (χ2n) is 5.50. The molecule has 0 aliphatic heterocycles. The van der Waals surface area contributed by atoms with Crippen LogP contribution >= 0.6 is 11.8 Å². The Morgan fingerprint density at radius 2 is 1.79 bits per heavy atom. The Morgan fingerprint density at radius 1 is 1.12 bits per heavy atom. The summed E-state index contributed by atoms with van der Waals surface area (Å²) in [5, 5.41) is 5.78. The average molecular weight is 352 g/mol. The molecule has 0 aliphatic carbocycles. The number of likely N-dealkylation sites (N-methyl/N-ethyl adjacent to an activating group) is 1. The molecule has 1 rings (SSSR count). The molecule has 5 nitrogen and oxygen atoms in total. The van der Waals surface area contributed by atoms with Crippen LogP contribution in [0.2, 0.25) is 0 Å². The van der Waals surface area contributed by atoms with E-state index in [1.165, 1.54) is 0 Å². The number of hydrogen-bond donors (Lipinski definition) is 2. The van der Waals surface area contributed by atoms with Gasteiger partial charge in [0.05, 0.1) is 0 Å². The molecule has 134 valence electrons. The maximum absolute atomic E-state index is 12.1. The average Bonchev–Trinajstić information content (AvgIpc) is 2.59. The van der Waals surface area contributed by atoms with E-state index in [1.807, 2.05) is 6.26 Å². The van der Waals surface area contributed by atoms with Gasteiger partial charge in [-0.2, -0.15) is 11.8 Å². The fourth-order valence-corrected chi connectivity index (χ4v) is 2.71. The fraction of sp³-hybridized carbons (Fsp3) is 0.556. The molecule has 0 saturated heterocycles. The minimum atomic E-state index is -0.0833. The van der Waals surface area contributed by atoms with Crippen molar-refractivity contribution in [3.63, 3.8) is 0 Å². The fourth-order valence-electron chi connectivity index (χ4n) is 2.27. The minimum Gasteiger partial charge on any atom is -0.351 e. The Bertz CT molecular complexity index is 501. The van der Waals surface area contributed by atoms with Gasteiger partial charge in [-0.1, -0.05) is 13.8 Å². The van der Waals surface area contributed by atoms with E-state index in [-0.39, 0.29) is 11.8 Å². The number of carbonyl (C=O) groups is 2. The quantitative estimate of drug-likeness (QED) is 0.602. The lowest BCUT2D eigenvalue weighted by Crippen LogP contribution is -2.34. The van der Waals surface area contributed by atoms with Gasteiger partial charge >= 0.3 is 0 Å². The van der Waals surface area contributed by atoms with Gasteiger partial charge in [0.2, 0.25) is 5.91 Å². The zero-order valence-electron chi connectivity index (χ0n) is 14.9. The molecule has 0 unspecified atom stereocenters. The molecular formula is C18H29N3O2S. The Kier molecular flexibility index (Phi) is 10.2. The van der Waals surface area contributed by atoms with Crippen molar-refractivity contribution < 1.29 is 9.59 Å². The normalized spacial score (nSPS) is 10.7. The highest BCUT2D eigenvalue weighted by atomic mass is 32.2. The summed E-state index contributed by atoms with van der Waals surface area (Å²) in [5.74, 6) is 0.917. The molecule has 0 saturated carbocycles. The molecule has 1 aromatic carbocycles. The lowest BCUT2D eigenvalue weighted by atomic mass is 10.2. The van der Waals surface area contributed by atoms with Gasteiger partial charge in [0.25, 0.3) is 5.91 Å². The lowest BCUT2D eigenvalue weighted by Gasteiger charge is -2.18. The first kappa shape index (κ1) is 20.5. The summed E-state index contributed by atoms with van der Waals surface area (Å²) >= 11 is 1.74. The highest BCUT2D eigenvalue weighted by Crippen LogP contribution is 2.11. The minimum absolute atomic E-state index is 0.0143. The van der Waals surface area contributed by atoms with Crippen LogP contribution in [0.4, 0.5) is 5.69 Å². The van der Waals surface area contributed by atoms with E-state index < -0.39 is 0 Å². The number of anilines is 1. The first-order valence-corrected chi connectivity index (χ1v) is 9.89. The van der Waals surface area contributed by atoms with Crippen molar-refractivity contribution in [2.24, 2.45) is 0 Å². The summed E-state index contributed by atoms with van der Waals surface area (Å²) in [7, 11) is 0. The van der Waals surface area contributed by atoms with Crippen molar-refractivity contribution >= 4 is 29.3 Å². The highest BCUT2D eigenvalue weighted by molar-refractivity contribution is 7.98. The van der Waals surface area contributed by atoms with E-state index in [4.69, 9.17) is 0 Å². The zero-order chi connectivity index (χ0) is 17.8. The molecule has 0 spiro atoms. The van der Waals surface area contributed by atoms with Gasteiger partial charge in [-0.05, 0) is 55.8 Å². The van der Waals surface area contributed by atoms with E-state index in [0.717, 1.165) is 37.5 Å². The van der Waals surface area contributed by atoms with Crippen molar-refractivity contribution in [1.82, 2.24) is 10.2 Å². The highest BCUT2D eigenvalue weighted by Gasteiger charge is 2.07. The summed E-state index contributed by atoms with van der Waals surface area (Å²) in [6.45, 7) is 7.67. The topological polar surface area (TPSA) is 61.4 Å². The SMILES string of the molecule is CCN(CC)CCNC(=O)c1ccc(NC(=O)CCCSC)cc1. The maximum atomic E-state index is 12.1. The Hall–Kier alpha value is -1.53. The van der Waals surface area contributed by atoms with Gasteiger partial charge in [0.1, 0.15) is 0 Å². The molecule has 24 heavy (non-hydrogen) atoms. The molecule has 1 aromatic rings. The predicted octanol–water partition coefficient (Wildman–Crippen LogP) is 2.84. The zero-order valence-corrected chi connectivity index (χ0v) is 15.7. The van der Waals surface area contributed by atoms with Crippen LogP contribution in [0, 0.1) is 0 Å². The number of hydrogen-bond acceptors (Lipinski definition) is 4. The van der Waals surface area contributed by atoms with Crippen molar-refractivity contribution in [3.8, 4) is 0 Å². The van der Waals surface area contributed by atoms with Gasteiger partial charge in [0.15, 0.2) is 0 Å². The Labute approximate surface area is 149 Å². The molecule has 0 bridgehead atoms.